The minimum atomic E-state index is -0.240. The Kier molecular flexibility index (Phi) is 4.74. The second kappa shape index (κ2) is 7.17. The van der Waals surface area contributed by atoms with Crippen LogP contribution in [0.4, 0.5) is 10.5 Å². The molecular formula is C21H17BrN2OS. The van der Waals surface area contributed by atoms with Gasteiger partial charge < -0.3 is 5.32 Å². The van der Waals surface area contributed by atoms with Crippen LogP contribution in [0.15, 0.2) is 71.2 Å². The Labute approximate surface area is 166 Å². The van der Waals surface area contributed by atoms with Gasteiger partial charge in [0, 0.05) is 10.2 Å². The zero-order valence-corrected chi connectivity index (χ0v) is 16.4. The molecule has 0 unspecified atom stereocenters. The number of urea groups is 1. The number of nitrogens with one attached hydrogen (secondary N) is 1. The summed E-state index contributed by atoms with van der Waals surface area (Å²) >= 11 is 7.84. The first-order chi connectivity index (χ1) is 12.6. The van der Waals surface area contributed by atoms with Gasteiger partial charge >= 0.3 is 6.03 Å². The lowest BCUT2D eigenvalue weighted by Crippen LogP contribution is -2.26. The van der Waals surface area contributed by atoms with E-state index < -0.39 is 0 Å². The van der Waals surface area contributed by atoms with Crippen LogP contribution in [0.1, 0.15) is 16.7 Å². The van der Waals surface area contributed by atoms with Crippen LogP contribution in [0.25, 0.3) is 11.1 Å². The molecule has 3 aromatic rings. The van der Waals surface area contributed by atoms with Gasteiger partial charge in [-0.1, -0.05) is 71.2 Å². The van der Waals surface area contributed by atoms with Gasteiger partial charge in [0.25, 0.3) is 0 Å². The van der Waals surface area contributed by atoms with Crippen molar-refractivity contribution in [3.63, 3.8) is 0 Å². The van der Waals surface area contributed by atoms with Crippen LogP contribution in [0, 0.1) is 0 Å². The number of carbonyl (C=O) groups excluding carboxylic acids is 1. The van der Waals surface area contributed by atoms with Crippen molar-refractivity contribution < 1.29 is 4.79 Å². The number of carbonyl (C=O) groups is 1. The Bertz CT molecular complexity index is 975. The van der Waals surface area contributed by atoms with Crippen molar-refractivity contribution in [2.75, 3.05) is 5.32 Å². The molecule has 130 valence electrons. The van der Waals surface area contributed by atoms with Crippen LogP contribution in [-0.4, -0.2) is 10.3 Å². The SMILES string of the molecule is O=C(Nc1ccc2c(c1)Cc1cc(Br)ccc1-2)N(S)Cc1ccccc1. The van der Waals surface area contributed by atoms with E-state index in [-0.39, 0.29) is 6.03 Å². The normalized spacial score (nSPS) is 11.6. The van der Waals surface area contributed by atoms with E-state index >= 15 is 0 Å². The molecule has 26 heavy (non-hydrogen) atoms. The Hall–Kier alpha value is -2.24. The zero-order valence-electron chi connectivity index (χ0n) is 13.9. The Morgan fingerprint density at radius 1 is 1.00 bits per heavy atom. The van der Waals surface area contributed by atoms with E-state index in [1.165, 1.54) is 26.6 Å². The third kappa shape index (κ3) is 3.50. The molecule has 1 aliphatic carbocycles. The quantitative estimate of drug-likeness (QED) is 0.394. The predicted octanol–water partition coefficient (Wildman–Crippen LogP) is 5.90. The molecule has 0 saturated heterocycles. The summed E-state index contributed by atoms with van der Waals surface area (Å²) in [7, 11) is 0. The van der Waals surface area contributed by atoms with E-state index in [0.717, 1.165) is 22.1 Å². The average molecular weight is 425 g/mol. The molecule has 0 spiro atoms. The molecule has 0 bridgehead atoms. The van der Waals surface area contributed by atoms with Crippen molar-refractivity contribution in [3.8, 4) is 11.1 Å². The number of anilines is 1. The van der Waals surface area contributed by atoms with Gasteiger partial charge in [0.15, 0.2) is 0 Å². The average Bonchev–Trinajstić information content (AvgIpc) is 2.99. The molecular weight excluding hydrogens is 408 g/mol. The number of hydrogen-bond donors (Lipinski definition) is 2. The van der Waals surface area contributed by atoms with Crippen LogP contribution in [-0.2, 0) is 13.0 Å². The summed E-state index contributed by atoms with van der Waals surface area (Å²) < 4.78 is 2.47. The summed E-state index contributed by atoms with van der Waals surface area (Å²) in [6.07, 6.45) is 0.877. The highest BCUT2D eigenvalue weighted by atomic mass is 79.9. The number of nitrogens with zero attached hydrogens (tertiary/aromatic N) is 1. The van der Waals surface area contributed by atoms with Crippen LogP contribution in [0.3, 0.4) is 0 Å². The maximum absolute atomic E-state index is 12.4. The summed E-state index contributed by atoms with van der Waals surface area (Å²) in [5, 5.41) is 2.93. The Morgan fingerprint density at radius 2 is 1.69 bits per heavy atom. The van der Waals surface area contributed by atoms with Gasteiger partial charge in [0.05, 0.1) is 6.54 Å². The lowest BCUT2D eigenvalue weighted by atomic mass is 10.1. The van der Waals surface area contributed by atoms with Crippen molar-refractivity contribution >= 4 is 40.5 Å². The molecule has 4 rings (SSSR count). The van der Waals surface area contributed by atoms with Crippen molar-refractivity contribution in [2.24, 2.45) is 0 Å². The van der Waals surface area contributed by atoms with E-state index in [4.69, 9.17) is 0 Å². The van der Waals surface area contributed by atoms with Crippen LogP contribution < -0.4 is 5.32 Å². The maximum atomic E-state index is 12.4. The van der Waals surface area contributed by atoms with Crippen LogP contribution in [0.5, 0.6) is 0 Å². The van der Waals surface area contributed by atoms with Gasteiger partial charge in [-0.05, 0) is 58.5 Å². The highest BCUT2D eigenvalue weighted by Gasteiger charge is 2.19. The number of halogens is 1. The molecule has 0 aromatic heterocycles. The highest BCUT2D eigenvalue weighted by molar-refractivity contribution is 9.10. The summed E-state index contributed by atoms with van der Waals surface area (Å²) in [5.41, 5.74) is 6.85. The molecule has 3 aromatic carbocycles. The molecule has 0 heterocycles. The van der Waals surface area contributed by atoms with E-state index in [1.807, 2.05) is 42.5 Å². The maximum Gasteiger partial charge on any atom is 0.331 e. The molecule has 5 heteroatoms. The number of rotatable bonds is 3. The number of amides is 2. The molecule has 2 amide bonds. The molecule has 0 saturated carbocycles. The second-order valence-corrected chi connectivity index (χ2v) is 7.72. The summed E-state index contributed by atoms with van der Waals surface area (Å²) in [6.45, 7) is 0.445. The molecule has 1 aliphatic rings. The third-order valence-corrected chi connectivity index (χ3v) is 5.32. The number of thiol groups is 1. The van der Waals surface area contributed by atoms with E-state index in [2.05, 4.69) is 58.3 Å². The van der Waals surface area contributed by atoms with Crippen molar-refractivity contribution in [3.05, 3.63) is 87.9 Å². The summed E-state index contributed by atoms with van der Waals surface area (Å²) in [5.74, 6) is 0. The molecule has 0 fully saturated rings. The van der Waals surface area contributed by atoms with Crippen molar-refractivity contribution in [2.45, 2.75) is 13.0 Å². The highest BCUT2D eigenvalue weighted by Crippen LogP contribution is 2.39. The predicted molar refractivity (Wildman–Crippen MR) is 112 cm³/mol. The number of fused-ring (bicyclic) bond motifs is 3. The van der Waals surface area contributed by atoms with E-state index in [0.29, 0.717) is 6.54 Å². The fourth-order valence-electron chi connectivity index (χ4n) is 3.27. The van der Waals surface area contributed by atoms with Gasteiger partial charge in [0.1, 0.15) is 0 Å². The number of benzene rings is 3. The minimum Gasteiger partial charge on any atom is -0.307 e. The summed E-state index contributed by atoms with van der Waals surface area (Å²) in [4.78, 5) is 12.4. The summed E-state index contributed by atoms with van der Waals surface area (Å²) in [6, 6.07) is 22.0. The minimum absolute atomic E-state index is 0.240. The fourth-order valence-corrected chi connectivity index (χ4v) is 3.89. The monoisotopic (exact) mass is 424 g/mol. The van der Waals surface area contributed by atoms with Gasteiger partial charge in [-0.2, -0.15) is 0 Å². The van der Waals surface area contributed by atoms with Gasteiger partial charge in [-0.25, -0.2) is 4.79 Å². The van der Waals surface area contributed by atoms with E-state index in [9.17, 15) is 4.79 Å². The lowest BCUT2D eigenvalue weighted by Gasteiger charge is -2.17. The van der Waals surface area contributed by atoms with Crippen LogP contribution >= 0.6 is 28.7 Å². The zero-order chi connectivity index (χ0) is 18.1. The Morgan fingerprint density at radius 3 is 2.46 bits per heavy atom. The molecule has 3 nitrogen and oxygen atoms in total. The first-order valence-corrected chi connectivity index (χ1v) is 9.52. The van der Waals surface area contributed by atoms with E-state index in [1.54, 1.807) is 0 Å². The Balaban J connectivity index is 1.47. The van der Waals surface area contributed by atoms with Gasteiger partial charge in [0.2, 0.25) is 0 Å². The second-order valence-electron chi connectivity index (χ2n) is 6.32. The molecule has 0 aliphatic heterocycles. The lowest BCUT2D eigenvalue weighted by molar-refractivity contribution is 0.238. The smallest absolute Gasteiger partial charge is 0.307 e. The molecule has 0 atom stereocenters. The first-order valence-electron chi connectivity index (χ1n) is 8.33. The van der Waals surface area contributed by atoms with Crippen molar-refractivity contribution in [1.82, 2.24) is 4.31 Å². The molecule has 1 N–H and O–H groups in total. The van der Waals surface area contributed by atoms with Gasteiger partial charge in [-0.3, -0.25) is 4.31 Å². The standard InChI is InChI=1S/C21H17BrN2OS/c22-17-6-8-19-15(11-17)10-16-12-18(7-9-20(16)19)23-21(25)24(26)13-14-4-2-1-3-5-14/h1-9,11-12,26H,10,13H2,(H,23,25). The number of hydrogen-bond acceptors (Lipinski definition) is 2. The van der Waals surface area contributed by atoms with Gasteiger partial charge in [-0.15, -0.1) is 0 Å². The van der Waals surface area contributed by atoms with Crippen LogP contribution in [0.2, 0.25) is 0 Å². The topological polar surface area (TPSA) is 32.3 Å². The fraction of sp³-hybridized carbons (Fsp3) is 0.0952. The third-order valence-electron chi connectivity index (χ3n) is 4.50. The molecule has 0 radical (unpaired) electrons. The van der Waals surface area contributed by atoms with Crippen molar-refractivity contribution in [1.29, 1.82) is 0 Å². The first kappa shape index (κ1) is 17.2. The largest absolute Gasteiger partial charge is 0.331 e.